The van der Waals surface area contributed by atoms with E-state index in [-0.39, 0.29) is 5.78 Å². The molecular formula is C17H18BrNO4. The molecule has 0 saturated carbocycles. The van der Waals surface area contributed by atoms with Crippen LogP contribution in [0.1, 0.15) is 27.0 Å². The Morgan fingerprint density at radius 3 is 2.22 bits per heavy atom. The Labute approximate surface area is 143 Å². The molecule has 0 saturated heterocycles. The summed E-state index contributed by atoms with van der Waals surface area (Å²) in [5.41, 5.74) is 2.51. The maximum Gasteiger partial charge on any atom is 0.224 e. The van der Waals surface area contributed by atoms with Crippen molar-refractivity contribution in [3.63, 3.8) is 0 Å². The topological polar surface area (TPSA) is 57.7 Å². The van der Waals surface area contributed by atoms with E-state index >= 15 is 0 Å². The van der Waals surface area contributed by atoms with E-state index in [0.717, 1.165) is 15.6 Å². The van der Waals surface area contributed by atoms with E-state index in [9.17, 15) is 4.79 Å². The van der Waals surface area contributed by atoms with E-state index in [2.05, 4.69) is 20.9 Å². The van der Waals surface area contributed by atoms with Crippen LogP contribution in [0.25, 0.3) is 0 Å². The summed E-state index contributed by atoms with van der Waals surface area (Å²) in [6, 6.07) is 3.45. The predicted octanol–water partition coefficient (Wildman–Crippen LogP) is 3.72. The minimum Gasteiger partial charge on any atom is -0.493 e. The van der Waals surface area contributed by atoms with Gasteiger partial charge in [-0.1, -0.05) is 0 Å². The third-order valence-corrected chi connectivity index (χ3v) is 4.44. The summed E-state index contributed by atoms with van der Waals surface area (Å²) in [5, 5.41) is 0. The highest BCUT2D eigenvalue weighted by Crippen LogP contribution is 2.34. The van der Waals surface area contributed by atoms with E-state index in [1.807, 2.05) is 13.8 Å². The number of benzene rings is 1. The van der Waals surface area contributed by atoms with Crippen LogP contribution in [0.2, 0.25) is 0 Å². The Morgan fingerprint density at radius 2 is 1.65 bits per heavy atom. The Hall–Kier alpha value is -2.08. The van der Waals surface area contributed by atoms with Crippen LogP contribution in [-0.4, -0.2) is 32.1 Å². The van der Waals surface area contributed by atoms with Gasteiger partial charge in [0.05, 0.1) is 26.9 Å². The van der Waals surface area contributed by atoms with Crippen LogP contribution in [0.5, 0.6) is 17.4 Å². The lowest BCUT2D eigenvalue weighted by atomic mass is 9.96. The molecule has 5 nitrogen and oxygen atoms in total. The molecule has 1 heterocycles. The number of halogens is 1. The fraction of sp³-hybridized carbons (Fsp3) is 0.294. The summed E-state index contributed by atoms with van der Waals surface area (Å²) in [7, 11) is 4.59. The lowest BCUT2D eigenvalue weighted by Gasteiger charge is -2.15. The average molecular weight is 380 g/mol. The van der Waals surface area contributed by atoms with Gasteiger partial charge in [0.15, 0.2) is 17.3 Å². The van der Waals surface area contributed by atoms with Crippen molar-refractivity contribution in [1.29, 1.82) is 0 Å². The molecule has 0 unspecified atom stereocenters. The summed E-state index contributed by atoms with van der Waals surface area (Å²) < 4.78 is 16.6. The molecule has 0 aliphatic rings. The summed E-state index contributed by atoms with van der Waals surface area (Å²) >= 11 is 3.40. The molecular weight excluding hydrogens is 362 g/mol. The van der Waals surface area contributed by atoms with Crippen LogP contribution in [0.15, 0.2) is 22.8 Å². The lowest BCUT2D eigenvalue weighted by molar-refractivity contribution is 0.103. The van der Waals surface area contributed by atoms with Crippen molar-refractivity contribution in [2.24, 2.45) is 0 Å². The van der Waals surface area contributed by atoms with E-state index in [1.165, 1.54) is 14.2 Å². The molecule has 0 radical (unpaired) electrons. The molecule has 0 amide bonds. The second kappa shape index (κ2) is 7.00. The number of aromatic nitrogens is 1. The summed E-state index contributed by atoms with van der Waals surface area (Å²) in [5.74, 6) is 1.20. The molecule has 1 aromatic carbocycles. The zero-order valence-corrected chi connectivity index (χ0v) is 15.3. The van der Waals surface area contributed by atoms with Crippen molar-refractivity contribution >= 4 is 21.7 Å². The van der Waals surface area contributed by atoms with Gasteiger partial charge in [-0.2, -0.15) is 0 Å². The summed E-state index contributed by atoms with van der Waals surface area (Å²) in [6.45, 7) is 3.69. The first-order chi connectivity index (χ1) is 10.9. The third-order valence-electron chi connectivity index (χ3n) is 3.64. The molecule has 0 bridgehead atoms. The van der Waals surface area contributed by atoms with Crippen LogP contribution in [0, 0.1) is 13.8 Å². The quantitative estimate of drug-likeness (QED) is 0.740. The van der Waals surface area contributed by atoms with Crippen molar-refractivity contribution in [2.45, 2.75) is 13.8 Å². The van der Waals surface area contributed by atoms with Crippen molar-refractivity contribution in [1.82, 2.24) is 4.98 Å². The first kappa shape index (κ1) is 17.3. The van der Waals surface area contributed by atoms with Crippen molar-refractivity contribution in [2.75, 3.05) is 21.3 Å². The fourth-order valence-electron chi connectivity index (χ4n) is 2.34. The predicted molar refractivity (Wildman–Crippen MR) is 90.9 cm³/mol. The Kier molecular flexibility index (Phi) is 5.26. The normalized spacial score (nSPS) is 10.3. The number of carbonyl (C=O) groups is 1. The van der Waals surface area contributed by atoms with E-state index < -0.39 is 0 Å². The van der Waals surface area contributed by atoms with Gasteiger partial charge in [0.1, 0.15) is 0 Å². The SMILES string of the molecule is COc1cc(C)c(C(=O)c2c(OC)ncc(Br)c2C)cc1OC. The lowest BCUT2D eigenvalue weighted by Crippen LogP contribution is -2.10. The molecule has 0 spiro atoms. The molecule has 0 fully saturated rings. The minimum absolute atomic E-state index is 0.174. The van der Waals surface area contributed by atoms with Crippen LogP contribution in [-0.2, 0) is 0 Å². The molecule has 1 aromatic heterocycles. The number of nitrogens with zero attached hydrogens (tertiary/aromatic N) is 1. The maximum absolute atomic E-state index is 13.1. The van der Waals surface area contributed by atoms with Crippen LogP contribution < -0.4 is 14.2 Å². The molecule has 0 N–H and O–H groups in total. The zero-order valence-electron chi connectivity index (χ0n) is 13.7. The molecule has 2 rings (SSSR count). The highest BCUT2D eigenvalue weighted by molar-refractivity contribution is 9.10. The van der Waals surface area contributed by atoms with Crippen LogP contribution in [0.4, 0.5) is 0 Å². The van der Waals surface area contributed by atoms with Gasteiger partial charge in [-0.05, 0) is 53.0 Å². The standard InChI is InChI=1S/C17H18BrNO4/c1-9-6-13(21-3)14(22-4)7-11(9)16(20)15-10(2)12(18)8-19-17(15)23-5/h6-8H,1-5H3. The van der Waals surface area contributed by atoms with Crippen molar-refractivity contribution < 1.29 is 19.0 Å². The Morgan fingerprint density at radius 1 is 1.04 bits per heavy atom. The van der Waals surface area contributed by atoms with Gasteiger partial charge in [0.2, 0.25) is 5.88 Å². The molecule has 0 aliphatic heterocycles. The monoisotopic (exact) mass is 379 g/mol. The molecule has 23 heavy (non-hydrogen) atoms. The summed E-state index contributed by atoms with van der Waals surface area (Å²) in [6.07, 6.45) is 1.62. The number of hydrogen-bond donors (Lipinski definition) is 0. The van der Waals surface area contributed by atoms with Gasteiger partial charge in [-0.3, -0.25) is 4.79 Å². The first-order valence-electron chi connectivity index (χ1n) is 6.91. The molecule has 2 aromatic rings. The van der Waals surface area contributed by atoms with Gasteiger partial charge in [-0.25, -0.2) is 4.98 Å². The number of ether oxygens (including phenoxy) is 3. The Balaban J connectivity index is 2.64. The number of pyridine rings is 1. The highest BCUT2D eigenvalue weighted by atomic mass is 79.9. The molecule has 6 heteroatoms. The van der Waals surface area contributed by atoms with Crippen molar-refractivity contribution in [3.05, 3.63) is 45.1 Å². The van der Waals surface area contributed by atoms with Gasteiger partial charge < -0.3 is 14.2 Å². The number of methoxy groups -OCH3 is 3. The van der Waals surface area contributed by atoms with Gasteiger partial charge >= 0.3 is 0 Å². The number of hydrogen-bond acceptors (Lipinski definition) is 5. The van der Waals surface area contributed by atoms with E-state index in [0.29, 0.717) is 28.5 Å². The smallest absolute Gasteiger partial charge is 0.224 e. The number of carbonyl (C=O) groups excluding carboxylic acids is 1. The highest BCUT2D eigenvalue weighted by Gasteiger charge is 2.23. The third kappa shape index (κ3) is 3.17. The molecule has 122 valence electrons. The second-order valence-electron chi connectivity index (χ2n) is 4.97. The van der Waals surface area contributed by atoms with Gasteiger partial charge in [0.25, 0.3) is 0 Å². The van der Waals surface area contributed by atoms with Crippen molar-refractivity contribution in [3.8, 4) is 17.4 Å². The largest absolute Gasteiger partial charge is 0.493 e. The number of ketones is 1. The van der Waals surface area contributed by atoms with E-state index in [4.69, 9.17) is 14.2 Å². The van der Waals surface area contributed by atoms with Gasteiger partial charge in [-0.15, -0.1) is 0 Å². The number of aryl methyl sites for hydroxylation is 1. The van der Waals surface area contributed by atoms with Gasteiger partial charge in [0, 0.05) is 16.2 Å². The fourth-order valence-corrected chi connectivity index (χ4v) is 2.64. The molecule has 0 aliphatic carbocycles. The number of rotatable bonds is 5. The zero-order chi connectivity index (χ0) is 17.1. The average Bonchev–Trinajstić information content (AvgIpc) is 2.56. The van der Waals surface area contributed by atoms with Crippen LogP contribution >= 0.6 is 15.9 Å². The first-order valence-corrected chi connectivity index (χ1v) is 7.70. The summed E-state index contributed by atoms with van der Waals surface area (Å²) in [4.78, 5) is 17.2. The minimum atomic E-state index is -0.174. The molecule has 0 atom stereocenters. The second-order valence-corrected chi connectivity index (χ2v) is 5.82. The van der Waals surface area contributed by atoms with Crippen LogP contribution in [0.3, 0.4) is 0 Å². The Bertz CT molecular complexity index is 759. The van der Waals surface area contributed by atoms with E-state index in [1.54, 1.807) is 25.4 Å². The maximum atomic E-state index is 13.1.